The van der Waals surface area contributed by atoms with Gasteiger partial charge in [-0.2, -0.15) is 0 Å². The van der Waals surface area contributed by atoms with Crippen molar-refractivity contribution >= 4 is 17.2 Å². The molecule has 1 heterocycles. The first kappa shape index (κ1) is 18.6. The third kappa shape index (κ3) is 4.51. The minimum absolute atomic E-state index is 0.0518. The van der Waals surface area contributed by atoms with Gasteiger partial charge in [-0.05, 0) is 42.3 Å². The number of anilines is 1. The molecule has 0 aromatic heterocycles. The Labute approximate surface area is 157 Å². The van der Waals surface area contributed by atoms with Crippen molar-refractivity contribution in [1.29, 1.82) is 0 Å². The van der Waals surface area contributed by atoms with Crippen LogP contribution in [-0.4, -0.2) is 19.3 Å². The second-order valence-electron chi connectivity index (χ2n) is 6.98. The quantitative estimate of drug-likeness (QED) is 0.638. The van der Waals surface area contributed by atoms with Gasteiger partial charge in [-0.25, -0.2) is 0 Å². The summed E-state index contributed by atoms with van der Waals surface area (Å²) in [7, 11) is 0. The Bertz CT molecular complexity index is 776. The summed E-state index contributed by atoms with van der Waals surface area (Å²) in [5.74, 6) is 0.669. The lowest BCUT2D eigenvalue weighted by atomic mass is 9.98. The maximum Gasteiger partial charge on any atom is 0.288 e. The number of allylic oxidation sites excluding steroid dienone is 2. The summed E-state index contributed by atoms with van der Waals surface area (Å²) in [5, 5.41) is 5.83. The number of nitrogens with one attached hydrogen (secondary N) is 1. The number of hydrogen-bond acceptors (Lipinski definition) is 3. The molecule has 0 saturated heterocycles. The zero-order valence-electron chi connectivity index (χ0n) is 16.1. The van der Waals surface area contributed by atoms with E-state index >= 15 is 0 Å². The highest BCUT2D eigenvalue weighted by molar-refractivity contribution is 5.69. The van der Waals surface area contributed by atoms with Crippen LogP contribution in [0, 0.1) is 0 Å². The average molecular weight is 354 g/mol. The molecule has 3 heteroatoms. The minimum Gasteiger partial charge on any atom is -0.465 e. The predicted octanol–water partition coefficient (Wildman–Crippen LogP) is 4.24. The molecule has 2 aliphatic rings. The van der Waals surface area contributed by atoms with E-state index in [1.807, 2.05) is 6.08 Å². The van der Waals surface area contributed by atoms with Crippen molar-refractivity contribution in [2.24, 2.45) is 0 Å². The molecular weight excluding hydrogens is 322 g/mol. The first-order valence-corrected chi connectivity index (χ1v) is 10.1. The van der Waals surface area contributed by atoms with Crippen LogP contribution < -0.4 is 15.8 Å². The normalized spacial score (nSPS) is 17.5. The second-order valence-corrected chi connectivity index (χ2v) is 6.98. The molecule has 26 heavy (non-hydrogen) atoms. The van der Waals surface area contributed by atoms with Gasteiger partial charge in [0.15, 0.2) is 0 Å². The Kier molecular flexibility index (Phi) is 6.82. The van der Waals surface area contributed by atoms with Crippen molar-refractivity contribution in [2.75, 3.05) is 18.5 Å². The molecule has 0 spiro atoms. The predicted molar refractivity (Wildman–Crippen MR) is 109 cm³/mol. The summed E-state index contributed by atoms with van der Waals surface area (Å²) in [5.41, 5.74) is 2.38. The summed E-state index contributed by atoms with van der Waals surface area (Å²) in [4.78, 5) is 0. The van der Waals surface area contributed by atoms with E-state index in [0.29, 0.717) is 12.6 Å². The largest absolute Gasteiger partial charge is 0.465 e. The van der Waals surface area contributed by atoms with Crippen LogP contribution in [0.1, 0.15) is 52.4 Å². The molecule has 3 rings (SSSR count). The van der Waals surface area contributed by atoms with E-state index in [1.54, 1.807) is 0 Å². The zero-order valence-corrected chi connectivity index (χ0v) is 16.1. The topological polar surface area (TPSA) is 30.5 Å². The first-order chi connectivity index (χ1) is 12.8. The number of benzene rings is 1. The maximum atomic E-state index is 6.15. The van der Waals surface area contributed by atoms with Gasteiger partial charge in [-0.15, -0.1) is 0 Å². The Morgan fingerprint density at radius 1 is 1.00 bits per heavy atom. The van der Waals surface area contributed by atoms with E-state index in [0.717, 1.165) is 18.2 Å². The molecular formula is C23H31NO2. The summed E-state index contributed by atoms with van der Waals surface area (Å²) in [6.07, 6.45) is 15.5. The standard InChI is InChI=1S/C23H31NO2/c1-3-5-9-15-24-18-13-14-20-21(17-18)19-11-7-8-12-22(19)26-23(20)25-16-10-6-4-2/h7-8,11-14,17,22,24H,3-6,9-10,15-16H2,1-2H3. The summed E-state index contributed by atoms with van der Waals surface area (Å²) < 4.78 is 12.2. The maximum absolute atomic E-state index is 6.15. The number of fused-ring (bicyclic) bond motifs is 2. The SMILES string of the molecule is CCCCCNc1ccc2c(c1)=C1C=CC=CC1OC=2OCCCCC. The third-order valence-electron chi connectivity index (χ3n) is 4.85. The van der Waals surface area contributed by atoms with Crippen molar-refractivity contribution < 1.29 is 9.47 Å². The molecule has 0 radical (unpaired) electrons. The number of unbranched alkanes of at least 4 members (excludes halogenated alkanes) is 4. The van der Waals surface area contributed by atoms with E-state index in [4.69, 9.17) is 9.47 Å². The fourth-order valence-corrected chi connectivity index (χ4v) is 3.35. The molecule has 0 saturated carbocycles. The van der Waals surface area contributed by atoms with Crippen LogP contribution in [0.3, 0.4) is 0 Å². The molecule has 1 unspecified atom stereocenters. The Morgan fingerprint density at radius 2 is 1.85 bits per heavy atom. The smallest absolute Gasteiger partial charge is 0.288 e. The van der Waals surface area contributed by atoms with Crippen LogP contribution in [0.25, 0.3) is 11.5 Å². The third-order valence-corrected chi connectivity index (χ3v) is 4.85. The molecule has 1 aromatic rings. The van der Waals surface area contributed by atoms with Gasteiger partial charge in [-0.3, -0.25) is 0 Å². The highest BCUT2D eigenvalue weighted by Crippen LogP contribution is 2.21. The van der Waals surface area contributed by atoms with Gasteiger partial charge in [0.25, 0.3) is 5.95 Å². The fraction of sp³-hybridized carbons (Fsp3) is 0.478. The fourth-order valence-electron chi connectivity index (χ4n) is 3.35. The van der Waals surface area contributed by atoms with Gasteiger partial charge < -0.3 is 14.8 Å². The molecule has 3 nitrogen and oxygen atoms in total. The zero-order chi connectivity index (χ0) is 18.2. The monoisotopic (exact) mass is 353 g/mol. The molecule has 1 aromatic carbocycles. The van der Waals surface area contributed by atoms with E-state index in [-0.39, 0.29) is 6.10 Å². The molecule has 0 amide bonds. The first-order valence-electron chi connectivity index (χ1n) is 10.1. The van der Waals surface area contributed by atoms with Crippen molar-refractivity contribution in [3.8, 4) is 0 Å². The highest BCUT2D eigenvalue weighted by Gasteiger charge is 2.22. The van der Waals surface area contributed by atoms with Crippen LogP contribution in [0.5, 0.6) is 0 Å². The van der Waals surface area contributed by atoms with Gasteiger partial charge in [0.05, 0.1) is 11.8 Å². The molecule has 1 aliphatic heterocycles. The van der Waals surface area contributed by atoms with Crippen LogP contribution in [0.4, 0.5) is 5.69 Å². The molecule has 1 N–H and O–H groups in total. The Hall–Kier alpha value is -2.16. The summed E-state index contributed by atoms with van der Waals surface area (Å²) >= 11 is 0. The minimum atomic E-state index is -0.0518. The highest BCUT2D eigenvalue weighted by atomic mass is 16.7. The van der Waals surface area contributed by atoms with Crippen LogP contribution in [0.15, 0.2) is 42.5 Å². The van der Waals surface area contributed by atoms with Gasteiger partial charge in [0, 0.05) is 17.8 Å². The number of ether oxygens (including phenoxy) is 2. The van der Waals surface area contributed by atoms with E-state index < -0.39 is 0 Å². The summed E-state index contributed by atoms with van der Waals surface area (Å²) in [6, 6.07) is 6.50. The van der Waals surface area contributed by atoms with Crippen LogP contribution >= 0.6 is 0 Å². The van der Waals surface area contributed by atoms with Crippen LogP contribution in [-0.2, 0) is 9.47 Å². The Morgan fingerprint density at radius 3 is 2.69 bits per heavy atom. The van der Waals surface area contributed by atoms with E-state index in [9.17, 15) is 0 Å². The van der Waals surface area contributed by atoms with Gasteiger partial charge in [0.1, 0.15) is 6.10 Å². The second kappa shape index (κ2) is 9.51. The lowest BCUT2D eigenvalue weighted by molar-refractivity contribution is 0.103. The van der Waals surface area contributed by atoms with Crippen molar-refractivity contribution in [1.82, 2.24) is 0 Å². The molecule has 0 fully saturated rings. The van der Waals surface area contributed by atoms with Gasteiger partial charge in [0.2, 0.25) is 0 Å². The van der Waals surface area contributed by atoms with Crippen molar-refractivity contribution in [3.05, 3.63) is 52.9 Å². The van der Waals surface area contributed by atoms with Crippen molar-refractivity contribution in [2.45, 2.75) is 58.5 Å². The van der Waals surface area contributed by atoms with E-state index in [1.165, 1.54) is 48.6 Å². The van der Waals surface area contributed by atoms with Crippen LogP contribution in [0.2, 0.25) is 0 Å². The van der Waals surface area contributed by atoms with Gasteiger partial charge >= 0.3 is 0 Å². The van der Waals surface area contributed by atoms with Gasteiger partial charge in [-0.1, -0.05) is 57.8 Å². The average Bonchev–Trinajstić information content (AvgIpc) is 2.68. The number of hydrogen-bond donors (Lipinski definition) is 1. The molecule has 1 atom stereocenters. The number of rotatable bonds is 10. The van der Waals surface area contributed by atoms with E-state index in [2.05, 4.69) is 55.6 Å². The molecule has 1 aliphatic carbocycles. The van der Waals surface area contributed by atoms with Crippen molar-refractivity contribution in [3.63, 3.8) is 0 Å². The lowest BCUT2D eigenvalue weighted by Gasteiger charge is -2.25. The molecule has 0 bridgehead atoms. The Balaban J connectivity index is 1.88. The summed E-state index contributed by atoms with van der Waals surface area (Å²) in [6.45, 7) is 6.16. The molecule has 140 valence electrons. The lowest BCUT2D eigenvalue weighted by Crippen LogP contribution is -2.39.